The van der Waals surface area contributed by atoms with Gasteiger partial charge in [0, 0.05) is 42.7 Å². The molecule has 0 aliphatic carbocycles. The van der Waals surface area contributed by atoms with Crippen LogP contribution in [0, 0.1) is 18.6 Å². The van der Waals surface area contributed by atoms with Gasteiger partial charge < -0.3 is 10.6 Å². The van der Waals surface area contributed by atoms with E-state index >= 15 is 0 Å². The van der Waals surface area contributed by atoms with E-state index in [-0.39, 0.29) is 24.4 Å². The van der Waals surface area contributed by atoms with Crippen molar-refractivity contribution in [2.24, 2.45) is 7.05 Å². The molecule has 1 atom stereocenters. The van der Waals surface area contributed by atoms with Gasteiger partial charge in [-0.15, -0.1) is 0 Å². The Bertz CT molecular complexity index is 1250. The Labute approximate surface area is 196 Å². The van der Waals surface area contributed by atoms with Crippen molar-refractivity contribution < 1.29 is 13.6 Å². The lowest BCUT2D eigenvalue weighted by molar-refractivity contribution is -0.118. The van der Waals surface area contributed by atoms with Crippen molar-refractivity contribution >= 4 is 11.7 Å². The lowest BCUT2D eigenvalue weighted by atomic mass is 10.0. The Kier molecular flexibility index (Phi) is 7.08. The predicted octanol–water partition coefficient (Wildman–Crippen LogP) is 4.58. The van der Waals surface area contributed by atoms with Gasteiger partial charge in [0.15, 0.2) is 0 Å². The number of anilines is 1. The zero-order valence-corrected chi connectivity index (χ0v) is 18.9. The molecule has 0 bridgehead atoms. The van der Waals surface area contributed by atoms with Crippen LogP contribution in [-0.4, -0.2) is 27.2 Å². The zero-order valence-electron chi connectivity index (χ0n) is 18.9. The van der Waals surface area contributed by atoms with Crippen molar-refractivity contribution in [2.75, 3.05) is 11.9 Å². The molecular weight excluding hydrogens is 436 g/mol. The van der Waals surface area contributed by atoms with Crippen molar-refractivity contribution in [3.05, 3.63) is 102 Å². The molecule has 2 N–H and O–H groups in total. The maximum atomic E-state index is 14.2. The Hall–Kier alpha value is -3.91. The highest BCUT2D eigenvalue weighted by molar-refractivity contribution is 5.94. The lowest BCUT2D eigenvalue weighted by Crippen LogP contribution is -2.34. The summed E-state index contributed by atoms with van der Waals surface area (Å²) >= 11 is 0. The van der Waals surface area contributed by atoms with Gasteiger partial charge in [0.2, 0.25) is 5.91 Å². The van der Waals surface area contributed by atoms with Crippen LogP contribution in [0.15, 0.2) is 73.2 Å². The first-order valence-corrected chi connectivity index (χ1v) is 10.9. The SMILES string of the molecule is Cc1cc(F)c(CCN[C@H](C(=O)Nc2ccc(-c3cnn(C)c3)cn2)c2ccccc2)c(F)c1. The van der Waals surface area contributed by atoms with Crippen molar-refractivity contribution in [1.82, 2.24) is 20.1 Å². The molecule has 34 heavy (non-hydrogen) atoms. The molecule has 0 aliphatic heterocycles. The predicted molar refractivity (Wildman–Crippen MR) is 127 cm³/mol. The van der Waals surface area contributed by atoms with Crippen LogP contribution in [0.1, 0.15) is 22.7 Å². The van der Waals surface area contributed by atoms with Crippen molar-refractivity contribution in [2.45, 2.75) is 19.4 Å². The summed E-state index contributed by atoms with van der Waals surface area (Å²) in [6.45, 7) is 1.85. The van der Waals surface area contributed by atoms with E-state index in [0.717, 1.165) is 16.7 Å². The van der Waals surface area contributed by atoms with Crippen LogP contribution in [0.5, 0.6) is 0 Å². The number of halogens is 2. The number of carbonyl (C=O) groups excluding carboxylic acids is 1. The summed E-state index contributed by atoms with van der Waals surface area (Å²) in [5.41, 5.74) is 3.06. The molecule has 0 fully saturated rings. The maximum Gasteiger partial charge on any atom is 0.247 e. The molecule has 6 nitrogen and oxygen atoms in total. The molecule has 8 heteroatoms. The molecule has 2 aromatic heterocycles. The van der Waals surface area contributed by atoms with Gasteiger partial charge in [-0.3, -0.25) is 9.48 Å². The minimum atomic E-state index is -0.724. The average Bonchev–Trinajstić information content (AvgIpc) is 3.25. The normalized spacial score (nSPS) is 11.9. The van der Waals surface area contributed by atoms with E-state index in [2.05, 4.69) is 20.7 Å². The molecule has 4 rings (SSSR count). The molecule has 4 aromatic rings. The van der Waals surface area contributed by atoms with Crippen LogP contribution in [0.25, 0.3) is 11.1 Å². The third kappa shape index (κ3) is 5.52. The third-order valence-corrected chi connectivity index (χ3v) is 5.46. The van der Waals surface area contributed by atoms with Crippen molar-refractivity contribution in [1.29, 1.82) is 0 Å². The number of hydrogen-bond donors (Lipinski definition) is 2. The number of rotatable bonds is 8. The molecule has 2 aromatic carbocycles. The first-order chi connectivity index (χ1) is 16.4. The Morgan fingerprint density at radius 3 is 2.38 bits per heavy atom. The molecule has 0 saturated carbocycles. The first-order valence-electron chi connectivity index (χ1n) is 10.9. The monoisotopic (exact) mass is 461 g/mol. The number of benzene rings is 2. The van der Waals surface area contributed by atoms with Gasteiger partial charge in [0.05, 0.1) is 6.20 Å². The maximum absolute atomic E-state index is 14.2. The third-order valence-electron chi connectivity index (χ3n) is 5.46. The smallest absolute Gasteiger partial charge is 0.247 e. The summed E-state index contributed by atoms with van der Waals surface area (Å²) in [6.07, 6.45) is 5.39. The zero-order chi connectivity index (χ0) is 24.1. The quantitative estimate of drug-likeness (QED) is 0.403. The van der Waals surface area contributed by atoms with Crippen LogP contribution in [0.2, 0.25) is 0 Å². The van der Waals surface area contributed by atoms with Crippen LogP contribution >= 0.6 is 0 Å². The van der Waals surface area contributed by atoms with Crippen molar-refractivity contribution in [3.8, 4) is 11.1 Å². The van der Waals surface area contributed by atoms with E-state index in [1.54, 1.807) is 30.1 Å². The van der Waals surface area contributed by atoms with Crippen LogP contribution < -0.4 is 10.6 Å². The van der Waals surface area contributed by atoms with Gasteiger partial charge in [-0.25, -0.2) is 13.8 Å². The number of aryl methyl sites for hydroxylation is 2. The molecule has 0 radical (unpaired) electrons. The van der Waals surface area contributed by atoms with Crippen LogP contribution in [0.4, 0.5) is 14.6 Å². The molecule has 0 aliphatic rings. The fourth-order valence-electron chi connectivity index (χ4n) is 3.72. The summed E-state index contributed by atoms with van der Waals surface area (Å²) < 4.78 is 30.1. The lowest BCUT2D eigenvalue weighted by Gasteiger charge is -2.19. The largest absolute Gasteiger partial charge is 0.309 e. The van der Waals surface area contributed by atoms with Crippen LogP contribution in [-0.2, 0) is 18.3 Å². The number of amides is 1. The highest BCUT2D eigenvalue weighted by Crippen LogP contribution is 2.21. The number of nitrogens with one attached hydrogen (secondary N) is 2. The van der Waals surface area contributed by atoms with E-state index in [4.69, 9.17) is 0 Å². The van der Waals surface area contributed by atoms with E-state index in [1.807, 2.05) is 49.6 Å². The number of hydrogen-bond acceptors (Lipinski definition) is 4. The number of pyridine rings is 1. The fraction of sp³-hybridized carbons (Fsp3) is 0.192. The van der Waals surface area contributed by atoms with Gasteiger partial charge in [0.1, 0.15) is 23.5 Å². The van der Waals surface area contributed by atoms with E-state index in [1.165, 1.54) is 12.1 Å². The van der Waals surface area contributed by atoms with Gasteiger partial charge >= 0.3 is 0 Å². The fourth-order valence-corrected chi connectivity index (χ4v) is 3.72. The molecule has 0 unspecified atom stereocenters. The highest BCUT2D eigenvalue weighted by atomic mass is 19.1. The van der Waals surface area contributed by atoms with Gasteiger partial charge in [-0.1, -0.05) is 30.3 Å². The summed E-state index contributed by atoms with van der Waals surface area (Å²) in [5, 5.41) is 10.1. The van der Waals surface area contributed by atoms with E-state index in [0.29, 0.717) is 11.4 Å². The second-order valence-electron chi connectivity index (χ2n) is 8.08. The Morgan fingerprint density at radius 1 is 1.03 bits per heavy atom. The van der Waals surface area contributed by atoms with Crippen molar-refractivity contribution in [3.63, 3.8) is 0 Å². The second-order valence-corrected chi connectivity index (χ2v) is 8.08. The highest BCUT2D eigenvalue weighted by Gasteiger charge is 2.21. The second kappa shape index (κ2) is 10.4. The molecule has 1 amide bonds. The molecule has 0 spiro atoms. The Morgan fingerprint density at radius 2 is 1.76 bits per heavy atom. The van der Waals surface area contributed by atoms with E-state index in [9.17, 15) is 13.6 Å². The Balaban J connectivity index is 1.46. The molecular formula is C26H25F2N5O. The number of nitrogens with zero attached hydrogens (tertiary/aromatic N) is 3. The minimum Gasteiger partial charge on any atom is -0.309 e. The topological polar surface area (TPSA) is 71.8 Å². The summed E-state index contributed by atoms with van der Waals surface area (Å²) in [7, 11) is 1.84. The number of carbonyl (C=O) groups is 1. The summed E-state index contributed by atoms with van der Waals surface area (Å²) in [6, 6.07) is 14.6. The standard InChI is InChI=1S/C26H25F2N5O/c1-17-12-22(27)21(23(28)13-17)10-11-29-25(18-6-4-3-5-7-18)26(34)32-24-9-8-19(14-30-24)20-15-31-33(2)16-20/h3-9,12-16,25,29H,10-11H2,1-2H3,(H,30,32,34)/t25-/m0/s1. The van der Waals surface area contributed by atoms with Gasteiger partial charge in [-0.2, -0.15) is 5.10 Å². The van der Waals surface area contributed by atoms with Gasteiger partial charge in [-0.05, 0) is 48.7 Å². The van der Waals surface area contributed by atoms with Gasteiger partial charge in [0.25, 0.3) is 0 Å². The van der Waals surface area contributed by atoms with Crippen LogP contribution in [0.3, 0.4) is 0 Å². The molecule has 174 valence electrons. The first kappa shape index (κ1) is 23.3. The molecule has 0 saturated heterocycles. The van der Waals surface area contributed by atoms with E-state index < -0.39 is 17.7 Å². The minimum absolute atomic E-state index is 0.00187. The summed E-state index contributed by atoms with van der Waals surface area (Å²) in [5.74, 6) is -1.09. The molecule has 2 heterocycles. The number of aromatic nitrogens is 3. The average molecular weight is 462 g/mol. The summed E-state index contributed by atoms with van der Waals surface area (Å²) in [4.78, 5) is 17.5.